The van der Waals surface area contributed by atoms with Crippen LogP contribution in [0.2, 0.25) is 0 Å². The van der Waals surface area contributed by atoms with E-state index in [0.717, 1.165) is 56.9 Å². The Morgan fingerprint density at radius 1 is 1.35 bits per heavy atom. The zero-order chi connectivity index (χ0) is 16.4. The van der Waals surface area contributed by atoms with Gasteiger partial charge >= 0.3 is 0 Å². The van der Waals surface area contributed by atoms with Crippen molar-refractivity contribution in [3.8, 4) is 0 Å². The molecule has 0 aromatic heterocycles. The molecule has 1 aromatic rings. The Morgan fingerprint density at radius 3 is 2.83 bits per heavy atom. The largest absolute Gasteiger partial charge is 0.384 e. The number of rotatable bonds is 4. The van der Waals surface area contributed by atoms with E-state index in [1.165, 1.54) is 0 Å². The second-order valence-electron chi connectivity index (χ2n) is 7.13. The number of ether oxygens (including phenoxy) is 1. The lowest BCUT2D eigenvalue weighted by Gasteiger charge is -2.30. The van der Waals surface area contributed by atoms with Crippen molar-refractivity contribution in [2.75, 3.05) is 46.4 Å². The predicted octanol–water partition coefficient (Wildman–Crippen LogP) is 2.43. The highest BCUT2D eigenvalue weighted by Gasteiger charge is 2.50. The second-order valence-corrected chi connectivity index (χ2v) is 7.13. The van der Waals surface area contributed by atoms with Crippen molar-refractivity contribution in [1.82, 2.24) is 9.80 Å². The van der Waals surface area contributed by atoms with Gasteiger partial charge < -0.3 is 14.5 Å². The monoisotopic (exact) mass is 316 g/mol. The first-order valence-corrected chi connectivity index (χ1v) is 8.66. The summed E-state index contributed by atoms with van der Waals surface area (Å²) < 4.78 is 5.47. The zero-order valence-corrected chi connectivity index (χ0v) is 14.5. The molecule has 3 rings (SSSR count). The molecule has 1 spiro atoms. The maximum Gasteiger partial charge on any atom is 0.254 e. The summed E-state index contributed by atoms with van der Waals surface area (Å²) in [6.07, 6.45) is 1.09. The van der Waals surface area contributed by atoms with Crippen molar-refractivity contribution in [2.45, 2.75) is 20.3 Å². The van der Waals surface area contributed by atoms with Gasteiger partial charge in [-0.3, -0.25) is 4.79 Å². The van der Waals surface area contributed by atoms with Gasteiger partial charge in [0.2, 0.25) is 0 Å². The average molecular weight is 316 g/mol. The molecule has 1 aromatic carbocycles. The molecular weight excluding hydrogens is 288 g/mol. The van der Waals surface area contributed by atoms with Gasteiger partial charge in [-0.1, -0.05) is 25.1 Å². The number of carbonyl (C=O) groups is 1. The number of nitrogens with zero attached hydrogens (tertiary/aromatic N) is 2. The fourth-order valence-corrected chi connectivity index (χ4v) is 4.33. The van der Waals surface area contributed by atoms with Gasteiger partial charge in [0.05, 0.1) is 6.61 Å². The quantitative estimate of drug-likeness (QED) is 0.855. The van der Waals surface area contributed by atoms with Crippen molar-refractivity contribution >= 4 is 5.91 Å². The van der Waals surface area contributed by atoms with Crippen molar-refractivity contribution in [3.63, 3.8) is 0 Å². The van der Waals surface area contributed by atoms with Crippen LogP contribution >= 0.6 is 0 Å². The van der Waals surface area contributed by atoms with Gasteiger partial charge in [-0.25, -0.2) is 0 Å². The maximum absolute atomic E-state index is 12.9. The molecule has 0 saturated carbocycles. The predicted molar refractivity (Wildman–Crippen MR) is 91.6 cm³/mol. The van der Waals surface area contributed by atoms with Crippen LogP contribution in [-0.4, -0.2) is 62.1 Å². The van der Waals surface area contributed by atoms with Gasteiger partial charge in [0.1, 0.15) is 0 Å². The molecule has 126 valence electrons. The topological polar surface area (TPSA) is 32.8 Å². The van der Waals surface area contributed by atoms with Gasteiger partial charge in [-0.05, 0) is 31.5 Å². The van der Waals surface area contributed by atoms with E-state index >= 15 is 0 Å². The van der Waals surface area contributed by atoms with Crippen LogP contribution in [0, 0.1) is 18.3 Å². The van der Waals surface area contributed by atoms with Crippen LogP contribution in [0.25, 0.3) is 0 Å². The Balaban J connectivity index is 1.77. The summed E-state index contributed by atoms with van der Waals surface area (Å²) in [5, 5.41) is 0. The first-order chi connectivity index (χ1) is 11.1. The van der Waals surface area contributed by atoms with Crippen molar-refractivity contribution < 1.29 is 9.53 Å². The molecule has 2 atom stereocenters. The van der Waals surface area contributed by atoms with Crippen LogP contribution in [0.1, 0.15) is 29.3 Å². The van der Waals surface area contributed by atoms with E-state index in [-0.39, 0.29) is 11.3 Å². The summed E-state index contributed by atoms with van der Waals surface area (Å²) in [6.45, 7) is 10.0. The molecular formula is C19H28N2O2. The number of hydrogen-bond acceptors (Lipinski definition) is 3. The molecule has 0 bridgehead atoms. The highest BCUT2D eigenvalue weighted by atomic mass is 16.5. The van der Waals surface area contributed by atoms with E-state index in [1.54, 1.807) is 7.11 Å². The zero-order valence-electron chi connectivity index (χ0n) is 14.5. The molecule has 0 radical (unpaired) electrons. The Hall–Kier alpha value is -1.39. The fourth-order valence-electron chi connectivity index (χ4n) is 4.33. The summed E-state index contributed by atoms with van der Waals surface area (Å²) in [5.74, 6) is 0.716. The van der Waals surface area contributed by atoms with E-state index in [0.29, 0.717) is 5.92 Å². The van der Waals surface area contributed by atoms with Crippen LogP contribution in [0.4, 0.5) is 0 Å². The molecule has 0 unspecified atom stereocenters. The molecule has 2 fully saturated rings. The number of likely N-dealkylation sites (tertiary alicyclic amines) is 2. The minimum atomic E-state index is 0.186. The minimum Gasteiger partial charge on any atom is -0.384 e. The normalized spacial score (nSPS) is 28.0. The van der Waals surface area contributed by atoms with Crippen molar-refractivity contribution in [2.24, 2.45) is 11.3 Å². The Labute approximate surface area is 139 Å². The minimum absolute atomic E-state index is 0.186. The van der Waals surface area contributed by atoms with Crippen LogP contribution in [0.3, 0.4) is 0 Å². The number of aryl methyl sites for hydroxylation is 1. The molecule has 1 amide bonds. The molecule has 23 heavy (non-hydrogen) atoms. The molecule has 0 N–H and O–H groups in total. The summed E-state index contributed by atoms with van der Waals surface area (Å²) in [5.41, 5.74) is 2.12. The highest BCUT2D eigenvalue weighted by Crippen LogP contribution is 2.44. The summed E-state index contributed by atoms with van der Waals surface area (Å²) >= 11 is 0. The van der Waals surface area contributed by atoms with Crippen LogP contribution in [0.5, 0.6) is 0 Å². The average Bonchev–Trinajstić information content (AvgIpc) is 3.13. The van der Waals surface area contributed by atoms with Gasteiger partial charge in [0.15, 0.2) is 0 Å². The standard InChI is InChI=1S/C19H28N2O2/c1-4-20-11-16(12-23-3)19(13-20)9-10-21(14-19)18(22)17-8-6-5-7-15(17)2/h5-8,16H,4,9-14H2,1-3H3/t16-,19-/m1/s1. The van der Waals surface area contributed by atoms with Gasteiger partial charge in [-0.2, -0.15) is 0 Å². The third-order valence-electron chi connectivity index (χ3n) is 5.75. The first kappa shape index (κ1) is 16.5. The summed E-state index contributed by atoms with van der Waals surface area (Å²) in [4.78, 5) is 17.5. The summed E-state index contributed by atoms with van der Waals surface area (Å²) in [7, 11) is 1.79. The molecule has 2 saturated heterocycles. The van der Waals surface area contributed by atoms with E-state index in [1.807, 2.05) is 31.2 Å². The number of hydrogen-bond donors (Lipinski definition) is 0. The third-order valence-corrected chi connectivity index (χ3v) is 5.75. The third kappa shape index (κ3) is 3.02. The van der Waals surface area contributed by atoms with Crippen LogP contribution in [-0.2, 0) is 4.74 Å². The Bertz CT molecular complexity index is 574. The Morgan fingerprint density at radius 2 is 2.13 bits per heavy atom. The second kappa shape index (κ2) is 6.62. The fraction of sp³-hybridized carbons (Fsp3) is 0.632. The number of amides is 1. The molecule has 0 aliphatic carbocycles. The van der Waals surface area contributed by atoms with E-state index in [9.17, 15) is 4.79 Å². The highest BCUT2D eigenvalue weighted by molar-refractivity contribution is 5.95. The van der Waals surface area contributed by atoms with Gasteiger partial charge in [0.25, 0.3) is 5.91 Å². The number of methoxy groups -OCH3 is 1. The van der Waals surface area contributed by atoms with Crippen LogP contribution < -0.4 is 0 Å². The lowest BCUT2D eigenvalue weighted by molar-refractivity contribution is 0.0715. The first-order valence-electron chi connectivity index (χ1n) is 8.66. The molecule has 4 heteroatoms. The van der Waals surface area contributed by atoms with Crippen LogP contribution in [0.15, 0.2) is 24.3 Å². The van der Waals surface area contributed by atoms with Crippen molar-refractivity contribution in [1.29, 1.82) is 0 Å². The SMILES string of the molecule is CCN1C[C@H](COC)[C@]2(CCN(C(=O)c3ccccc3C)C2)C1. The van der Waals surface area contributed by atoms with Gasteiger partial charge in [-0.15, -0.1) is 0 Å². The number of benzene rings is 1. The van der Waals surface area contributed by atoms with E-state index in [4.69, 9.17) is 4.74 Å². The Kier molecular flexibility index (Phi) is 4.74. The molecule has 2 aliphatic heterocycles. The number of carbonyl (C=O) groups excluding carboxylic acids is 1. The molecule has 2 aliphatic rings. The van der Waals surface area contributed by atoms with Gasteiger partial charge in [0, 0.05) is 50.2 Å². The van der Waals surface area contributed by atoms with E-state index < -0.39 is 0 Å². The summed E-state index contributed by atoms with van der Waals surface area (Å²) in [6, 6.07) is 7.90. The van der Waals surface area contributed by atoms with E-state index in [2.05, 4.69) is 16.7 Å². The smallest absolute Gasteiger partial charge is 0.254 e. The maximum atomic E-state index is 12.9. The lowest BCUT2D eigenvalue weighted by Crippen LogP contribution is -2.38. The molecule has 4 nitrogen and oxygen atoms in total. The lowest BCUT2D eigenvalue weighted by atomic mass is 9.77. The van der Waals surface area contributed by atoms with Crippen molar-refractivity contribution in [3.05, 3.63) is 35.4 Å². The molecule has 2 heterocycles.